The Morgan fingerprint density at radius 2 is 1.94 bits per heavy atom. The van der Waals surface area contributed by atoms with Gasteiger partial charge in [0.1, 0.15) is 0 Å². The zero-order valence-electron chi connectivity index (χ0n) is 7.96. The third-order valence-corrected chi connectivity index (χ3v) is 2.31. The van der Waals surface area contributed by atoms with Crippen LogP contribution in [-0.2, 0) is 4.74 Å². The van der Waals surface area contributed by atoms with Gasteiger partial charge in [0.2, 0.25) is 6.10 Å². The molecule has 0 N–H and O–H groups in total. The third-order valence-electron chi connectivity index (χ3n) is 2.31. The van der Waals surface area contributed by atoms with Gasteiger partial charge in [0.15, 0.2) is 5.76 Å². The van der Waals surface area contributed by atoms with Gasteiger partial charge in [0, 0.05) is 6.20 Å². The van der Waals surface area contributed by atoms with Gasteiger partial charge in [0.05, 0.1) is 5.69 Å². The first-order valence-electron chi connectivity index (χ1n) is 4.40. The standard InChI is InChI=1S/C10H7F4NO/c1-6-9(11,12)10(13,14)8(16-6)7-4-2-3-5-15-7/h2-5,8H,1H2. The Morgan fingerprint density at radius 3 is 2.38 bits per heavy atom. The molecule has 1 aliphatic heterocycles. The maximum Gasteiger partial charge on any atom is 0.369 e. The number of alkyl halides is 4. The van der Waals surface area contributed by atoms with E-state index < -0.39 is 23.7 Å². The number of pyridine rings is 1. The number of ether oxygens (including phenoxy) is 1. The molecule has 0 amide bonds. The van der Waals surface area contributed by atoms with E-state index >= 15 is 0 Å². The second-order valence-electron chi connectivity index (χ2n) is 3.37. The largest absolute Gasteiger partial charge is 0.476 e. The van der Waals surface area contributed by atoms with Gasteiger partial charge < -0.3 is 4.74 Å². The minimum atomic E-state index is -4.37. The van der Waals surface area contributed by atoms with Crippen molar-refractivity contribution in [1.82, 2.24) is 4.98 Å². The summed E-state index contributed by atoms with van der Waals surface area (Å²) in [6.07, 6.45) is -0.857. The monoisotopic (exact) mass is 233 g/mol. The molecule has 86 valence electrons. The molecule has 1 aromatic heterocycles. The average Bonchev–Trinajstić information content (AvgIpc) is 2.40. The summed E-state index contributed by atoms with van der Waals surface area (Å²) in [7, 11) is 0. The van der Waals surface area contributed by atoms with Crippen molar-refractivity contribution in [3.05, 3.63) is 42.4 Å². The smallest absolute Gasteiger partial charge is 0.369 e. The van der Waals surface area contributed by atoms with Gasteiger partial charge in [0.25, 0.3) is 0 Å². The quantitative estimate of drug-likeness (QED) is 0.696. The zero-order valence-corrected chi connectivity index (χ0v) is 7.96. The molecular formula is C10H7F4NO. The summed E-state index contributed by atoms with van der Waals surface area (Å²) in [6.45, 7) is 2.80. The number of rotatable bonds is 1. The highest BCUT2D eigenvalue weighted by Crippen LogP contribution is 2.55. The van der Waals surface area contributed by atoms with E-state index in [0.29, 0.717) is 0 Å². The van der Waals surface area contributed by atoms with Gasteiger partial charge in [-0.05, 0) is 12.1 Å². The first kappa shape index (κ1) is 10.9. The lowest BCUT2D eigenvalue weighted by molar-refractivity contribution is -0.184. The van der Waals surface area contributed by atoms with E-state index in [-0.39, 0.29) is 5.69 Å². The van der Waals surface area contributed by atoms with Gasteiger partial charge in [-0.3, -0.25) is 4.98 Å². The summed E-state index contributed by atoms with van der Waals surface area (Å²) in [4.78, 5) is 3.58. The van der Waals surface area contributed by atoms with Crippen molar-refractivity contribution < 1.29 is 22.3 Å². The van der Waals surface area contributed by atoms with E-state index in [4.69, 9.17) is 0 Å². The molecule has 2 rings (SSSR count). The number of hydrogen-bond acceptors (Lipinski definition) is 2. The molecule has 0 radical (unpaired) electrons. The molecule has 0 bridgehead atoms. The molecule has 0 aromatic carbocycles. The molecule has 6 heteroatoms. The number of nitrogens with zero attached hydrogens (tertiary/aromatic N) is 1. The molecule has 1 saturated heterocycles. The lowest BCUT2D eigenvalue weighted by Crippen LogP contribution is -2.39. The Bertz CT molecular complexity index is 418. The van der Waals surface area contributed by atoms with E-state index in [2.05, 4.69) is 16.3 Å². The summed E-state index contributed by atoms with van der Waals surface area (Å²) in [5.41, 5.74) is -0.245. The van der Waals surface area contributed by atoms with E-state index in [0.717, 1.165) is 0 Å². The molecule has 1 aromatic rings. The first-order valence-corrected chi connectivity index (χ1v) is 4.40. The predicted molar refractivity (Wildman–Crippen MR) is 47.1 cm³/mol. The Balaban J connectivity index is 2.43. The van der Waals surface area contributed by atoms with E-state index in [1.165, 1.54) is 24.4 Å². The molecule has 2 heterocycles. The lowest BCUT2D eigenvalue weighted by atomic mass is 10.1. The van der Waals surface area contributed by atoms with Gasteiger partial charge >= 0.3 is 11.8 Å². The van der Waals surface area contributed by atoms with Crippen LogP contribution in [0.15, 0.2) is 36.7 Å². The number of halogens is 4. The highest BCUT2D eigenvalue weighted by atomic mass is 19.3. The first-order chi connectivity index (χ1) is 7.37. The fourth-order valence-electron chi connectivity index (χ4n) is 1.42. The summed E-state index contributed by atoms with van der Waals surface area (Å²) < 4.78 is 57.2. The summed E-state index contributed by atoms with van der Waals surface area (Å²) in [6, 6.07) is 4.11. The molecule has 1 atom stereocenters. The predicted octanol–water partition coefficient (Wildman–Crippen LogP) is 2.94. The molecule has 0 aliphatic carbocycles. The molecule has 1 fully saturated rings. The van der Waals surface area contributed by atoms with Crippen molar-refractivity contribution >= 4 is 0 Å². The van der Waals surface area contributed by atoms with Crippen molar-refractivity contribution in [3.8, 4) is 0 Å². The maximum absolute atomic E-state index is 13.3. The fourth-order valence-corrected chi connectivity index (χ4v) is 1.42. The highest BCUT2D eigenvalue weighted by Gasteiger charge is 2.71. The molecule has 1 aliphatic rings. The number of hydrogen-bond donors (Lipinski definition) is 0. The Kier molecular flexibility index (Phi) is 2.18. The highest BCUT2D eigenvalue weighted by molar-refractivity contribution is 5.23. The third kappa shape index (κ3) is 1.29. The summed E-state index contributed by atoms with van der Waals surface area (Å²) in [5, 5.41) is 0. The van der Waals surface area contributed by atoms with Crippen LogP contribution in [-0.4, -0.2) is 16.8 Å². The van der Waals surface area contributed by atoms with Gasteiger partial charge in [-0.1, -0.05) is 12.6 Å². The Morgan fingerprint density at radius 1 is 1.25 bits per heavy atom. The van der Waals surface area contributed by atoms with Crippen molar-refractivity contribution in [2.75, 3.05) is 0 Å². The van der Waals surface area contributed by atoms with Gasteiger partial charge in [-0.2, -0.15) is 17.6 Å². The van der Waals surface area contributed by atoms with Crippen LogP contribution in [0, 0.1) is 0 Å². The second kappa shape index (κ2) is 3.20. The Labute approximate surface area is 88.6 Å². The zero-order chi connectivity index (χ0) is 12.0. The molecule has 1 unspecified atom stereocenters. The second-order valence-corrected chi connectivity index (χ2v) is 3.37. The van der Waals surface area contributed by atoms with Crippen LogP contribution in [0.25, 0.3) is 0 Å². The van der Waals surface area contributed by atoms with Crippen molar-refractivity contribution in [2.45, 2.75) is 17.9 Å². The fraction of sp³-hybridized carbons (Fsp3) is 0.300. The van der Waals surface area contributed by atoms with Crippen LogP contribution in [0.2, 0.25) is 0 Å². The van der Waals surface area contributed by atoms with Crippen LogP contribution < -0.4 is 0 Å². The minimum Gasteiger partial charge on any atom is -0.476 e. The van der Waals surface area contributed by atoms with Crippen molar-refractivity contribution in [2.24, 2.45) is 0 Å². The van der Waals surface area contributed by atoms with E-state index in [9.17, 15) is 17.6 Å². The molecular weight excluding hydrogens is 226 g/mol. The van der Waals surface area contributed by atoms with E-state index in [1.54, 1.807) is 0 Å². The molecule has 0 saturated carbocycles. The van der Waals surface area contributed by atoms with Gasteiger partial charge in [-0.15, -0.1) is 0 Å². The van der Waals surface area contributed by atoms with Crippen LogP contribution in [0.5, 0.6) is 0 Å². The number of allylic oxidation sites excluding steroid dienone is 1. The van der Waals surface area contributed by atoms with Crippen molar-refractivity contribution in [1.29, 1.82) is 0 Å². The average molecular weight is 233 g/mol. The summed E-state index contributed by atoms with van der Waals surface area (Å²) >= 11 is 0. The Hall–Kier alpha value is -1.59. The van der Waals surface area contributed by atoms with E-state index in [1.807, 2.05) is 0 Å². The lowest BCUT2D eigenvalue weighted by Gasteiger charge is -2.19. The van der Waals surface area contributed by atoms with Crippen LogP contribution >= 0.6 is 0 Å². The van der Waals surface area contributed by atoms with Crippen LogP contribution in [0.1, 0.15) is 11.8 Å². The molecule has 0 spiro atoms. The van der Waals surface area contributed by atoms with Crippen molar-refractivity contribution in [3.63, 3.8) is 0 Å². The molecule has 16 heavy (non-hydrogen) atoms. The number of aromatic nitrogens is 1. The maximum atomic E-state index is 13.3. The van der Waals surface area contributed by atoms with Crippen LogP contribution in [0.4, 0.5) is 17.6 Å². The minimum absolute atomic E-state index is 0.245. The van der Waals surface area contributed by atoms with Gasteiger partial charge in [-0.25, -0.2) is 0 Å². The molecule has 2 nitrogen and oxygen atoms in total. The normalized spacial score (nSPS) is 26.5. The van der Waals surface area contributed by atoms with Crippen LogP contribution in [0.3, 0.4) is 0 Å². The topological polar surface area (TPSA) is 22.1 Å². The summed E-state index contributed by atoms with van der Waals surface area (Å²) in [5.74, 6) is -9.93. The SMILES string of the molecule is C=C1OC(c2ccccn2)C(F)(F)C1(F)F.